The molecule has 0 N–H and O–H groups in total. The summed E-state index contributed by atoms with van der Waals surface area (Å²) in [4.78, 5) is 0. The first-order valence-corrected chi connectivity index (χ1v) is 4.52. The van der Waals surface area contributed by atoms with Gasteiger partial charge < -0.3 is 0 Å². The molecule has 1 aliphatic rings. The van der Waals surface area contributed by atoms with Gasteiger partial charge in [0.15, 0.2) is 0 Å². The molecule has 0 atom stereocenters. The molecule has 0 bridgehead atoms. The van der Waals surface area contributed by atoms with Crippen molar-refractivity contribution >= 4 is 12.4 Å². The second kappa shape index (κ2) is 5.00. The van der Waals surface area contributed by atoms with Gasteiger partial charge in [-0.1, -0.05) is 0 Å². The summed E-state index contributed by atoms with van der Waals surface area (Å²) in [5.74, 6) is 0. The molecule has 0 aliphatic heterocycles. The first-order valence-electron chi connectivity index (χ1n) is 3.11. The van der Waals surface area contributed by atoms with Gasteiger partial charge in [-0.2, -0.15) is 0 Å². The van der Waals surface area contributed by atoms with Crippen LogP contribution in [0.3, 0.4) is 0 Å². The fraction of sp³-hybridized carbons (Fsp3) is 1.00. The van der Waals surface area contributed by atoms with E-state index in [0.717, 1.165) is 3.63 Å². The minimum atomic E-state index is 0. The van der Waals surface area contributed by atoms with Gasteiger partial charge in [0.2, 0.25) is 0 Å². The summed E-state index contributed by atoms with van der Waals surface area (Å²) in [5.41, 5.74) is 0. The molecule has 0 aromatic carbocycles. The van der Waals surface area contributed by atoms with Crippen molar-refractivity contribution in [1.82, 2.24) is 0 Å². The third-order valence-electron chi connectivity index (χ3n) is 1.61. The standard InChI is InChI=1S/C6H11.ClH.Zr/c1-2-4-6-5-3-1;;/h1H,2-6H2;1H;. The van der Waals surface area contributed by atoms with Crippen LogP contribution < -0.4 is 0 Å². The average Bonchev–Trinajstić information content (AvgIpc) is 1.69. The maximum atomic E-state index is 1.77. The quantitative estimate of drug-likeness (QED) is 0.577. The fourth-order valence-corrected chi connectivity index (χ4v) is 2.11. The van der Waals surface area contributed by atoms with Crippen LogP contribution in [0.2, 0.25) is 3.63 Å². The second-order valence-electron chi connectivity index (χ2n) is 2.33. The number of hydrogen-bond donors (Lipinski definition) is 0. The summed E-state index contributed by atoms with van der Waals surface area (Å²) in [6.45, 7) is 0. The van der Waals surface area contributed by atoms with Gasteiger partial charge in [-0.05, 0) is 0 Å². The van der Waals surface area contributed by atoms with E-state index in [1.807, 2.05) is 0 Å². The summed E-state index contributed by atoms with van der Waals surface area (Å²) in [6, 6.07) is 0. The number of halogens is 1. The third-order valence-corrected chi connectivity index (χ3v) is 3.02. The molecule has 1 aliphatic carbocycles. The zero-order chi connectivity index (χ0) is 5.11. The molecule has 0 amide bonds. The monoisotopic (exact) mass is 209 g/mol. The Morgan fingerprint density at radius 3 is 1.75 bits per heavy atom. The zero-order valence-electron chi connectivity index (χ0n) is 5.02. The van der Waals surface area contributed by atoms with Crippen LogP contribution in [-0.2, 0) is 24.7 Å². The van der Waals surface area contributed by atoms with Crippen LogP contribution in [0.4, 0.5) is 0 Å². The van der Waals surface area contributed by atoms with Crippen LogP contribution in [0.15, 0.2) is 0 Å². The van der Waals surface area contributed by atoms with Gasteiger partial charge in [-0.25, -0.2) is 0 Å². The van der Waals surface area contributed by atoms with Crippen LogP contribution in [0.1, 0.15) is 32.1 Å². The van der Waals surface area contributed by atoms with Gasteiger partial charge in [-0.3, -0.25) is 0 Å². The van der Waals surface area contributed by atoms with E-state index in [0.29, 0.717) is 0 Å². The van der Waals surface area contributed by atoms with Crippen molar-refractivity contribution in [3.8, 4) is 0 Å². The SMILES string of the molecule is Cl.[Zr][CH]1CCCCC1. The van der Waals surface area contributed by atoms with Gasteiger partial charge in [0.25, 0.3) is 0 Å². The van der Waals surface area contributed by atoms with Crippen LogP contribution in [0.5, 0.6) is 0 Å². The molecule has 0 unspecified atom stereocenters. The van der Waals surface area contributed by atoms with Crippen molar-refractivity contribution in [3.05, 3.63) is 0 Å². The Morgan fingerprint density at radius 2 is 1.50 bits per heavy atom. The van der Waals surface area contributed by atoms with Crippen LogP contribution >= 0.6 is 12.4 Å². The average molecular weight is 211 g/mol. The summed E-state index contributed by atoms with van der Waals surface area (Å²) < 4.78 is 1.13. The molecule has 0 radical (unpaired) electrons. The molecule has 47 valence electrons. The van der Waals surface area contributed by atoms with Gasteiger partial charge in [0.1, 0.15) is 0 Å². The molecule has 1 rings (SSSR count). The topological polar surface area (TPSA) is 0 Å². The van der Waals surface area contributed by atoms with E-state index in [1.54, 1.807) is 24.7 Å². The Bertz CT molecular complexity index is 50.5. The molecule has 1 saturated carbocycles. The molecular weight excluding hydrogens is 199 g/mol. The molecule has 1 fully saturated rings. The van der Waals surface area contributed by atoms with Crippen molar-refractivity contribution in [2.75, 3.05) is 0 Å². The van der Waals surface area contributed by atoms with E-state index in [4.69, 9.17) is 0 Å². The Hall–Kier alpha value is 1.17. The molecule has 0 nitrogen and oxygen atoms in total. The summed E-state index contributed by atoms with van der Waals surface area (Å²) in [7, 11) is 0. The predicted molar refractivity (Wildman–Crippen MR) is 34.1 cm³/mol. The molecular formula is C6H12ClZr. The Kier molecular flexibility index (Phi) is 5.73. The number of rotatable bonds is 0. The molecule has 0 heterocycles. The molecule has 8 heavy (non-hydrogen) atoms. The second-order valence-corrected chi connectivity index (χ2v) is 4.34. The predicted octanol–water partition coefficient (Wildman–Crippen LogP) is 2.71. The van der Waals surface area contributed by atoms with Gasteiger partial charge in [0, 0.05) is 0 Å². The Balaban J connectivity index is 0.000000490. The van der Waals surface area contributed by atoms with Crippen LogP contribution in [0, 0.1) is 0 Å². The minimum absolute atomic E-state index is 0. The van der Waals surface area contributed by atoms with E-state index in [1.165, 1.54) is 32.1 Å². The number of hydrogen-bond acceptors (Lipinski definition) is 0. The van der Waals surface area contributed by atoms with Crippen molar-refractivity contribution < 1.29 is 24.7 Å². The third kappa shape index (κ3) is 3.25. The van der Waals surface area contributed by atoms with Crippen molar-refractivity contribution in [2.45, 2.75) is 35.7 Å². The van der Waals surface area contributed by atoms with E-state index >= 15 is 0 Å². The molecule has 0 aromatic rings. The van der Waals surface area contributed by atoms with E-state index < -0.39 is 0 Å². The van der Waals surface area contributed by atoms with Crippen molar-refractivity contribution in [2.24, 2.45) is 0 Å². The van der Waals surface area contributed by atoms with E-state index in [-0.39, 0.29) is 12.4 Å². The maximum absolute atomic E-state index is 1.77. The molecule has 0 aromatic heterocycles. The Labute approximate surface area is 72.7 Å². The van der Waals surface area contributed by atoms with Crippen molar-refractivity contribution in [3.63, 3.8) is 0 Å². The van der Waals surface area contributed by atoms with Gasteiger partial charge >= 0.3 is 60.4 Å². The van der Waals surface area contributed by atoms with Gasteiger partial charge in [-0.15, -0.1) is 12.4 Å². The van der Waals surface area contributed by atoms with Crippen LogP contribution in [0.25, 0.3) is 0 Å². The first kappa shape index (κ1) is 9.17. The Morgan fingerprint density at radius 1 is 1.00 bits per heavy atom. The van der Waals surface area contributed by atoms with E-state index in [9.17, 15) is 0 Å². The normalized spacial score (nSPS) is 21.9. The first-order chi connectivity index (χ1) is 3.39. The fourth-order valence-electron chi connectivity index (χ4n) is 1.10. The summed E-state index contributed by atoms with van der Waals surface area (Å²) in [6.07, 6.45) is 7.58. The zero-order valence-corrected chi connectivity index (χ0v) is 8.30. The van der Waals surface area contributed by atoms with E-state index in [2.05, 4.69) is 0 Å². The van der Waals surface area contributed by atoms with Gasteiger partial charge in [0.05, 0.1) is 0 Å². The molecule has 2 heteroatoms. The summed E-state index contributed by atoms with van der Waals surface area (Å²) in [5, 5.41) is 0. The molecule has 0 saturated heterocycles. The summed E-state index contributed by atoms with van der Waals surface area (Å²) >= 11 is 1.77. The van der Waals surface area contributed by atoms with Crippen LogP contribution in [-0.4, -0.2) is 0 Å². The van der Waals surface area contributed by atoms with Crippen molar-refractivity contribution in [1.29, 1.82) is 0 Å². The molecule has 0 spiro atoms.